The lowest BCUT2D eigenvalue weighted by molar-refractivity contribution is 0.629. The predicted molar refractivity (Wildman–Crippen MR) is 69.5 cm³/mol. The van der Waals surface area contributed by atoms with E-state index in [1.54, 1.807) is 6.33 Å². The maximum Gasteiger partial charge on any atom is 0.0947 e. The molecule has 0 aliphatic heterocycles. The molecular formula is C11H16BrN5. The van der Waals surface area contributed by atoms with Crippen LogP contribution in [0.5, 0.6) is 0 Å². The molecule has 0 spiro atoms. The van der Waals surface area contributed by atoms with Crippen molar-refractivity contribution in [3.05, 3.63) is 34.1 Å². The van der Waals surface area contributed by atoms with Crippen LogP contribution in [0.1, 0.15) is 23.1 Å². The van der Waals surface area contributed by atoms with Gasteiger partial charge in [-0.3, -0.25) is 4.68 Å². The molecule has 0 fully saturated rings. The largest absolute Gasteiger partial charge is 0.340 e. The average Bonchev–Trinajstić information content (AvgIpc) is 2.79. The number of aryl methyl sites for hydroxylation is 3. The zero-order valence-corrected chi connectivity index (χ0v) is 11.8. The van der Waals surface area contributed by atoms with Crippen LogP contribution in [0.15, 0.2) is 17.0 Å². The minimum Gasteiger partial charge on any atom is -0.340 e. The van der Waals surface area contributed by atoms with Crippen LogP contribution in [0.25, 0.3) is 0 Å². The highest BCUT2D eigenvalue weighted by atomic mass is 79.9. The Morgan fingerprint density at radius 2 is 2.18 bits per heavy atom. The van der Waals surface area contributed by atoms with Crippen LogP contribution in [-0.4, -0.2) is 19.3 Å². The lowest BCUT2D eigenvalue weighted by atomic mass is 10.1. The van der Waals surface area contributed by atoms with Crippen LogP contribution in [0.4, 0.5) is 0 Å². The van der Waals surface area contributed by atoms with Crippen LogP contribution in [-0.2, 0) is 20.5 Å². The number of rotatable bonds is 3. The Balaban J connectivity index is 2.21. The molecule has 1 atom stereocenters. The molecule has 5 nitrogen and oxygen atoms in total. The third-order valence-corrected chi connectivity index (χ3v) is 3.81. The molecular weight excluding hydrogens is 282 g/mol. The molecule has 6 heteroatoms. The van der Waals surface area contributed by atoms with Gasteiger partial charge in [0.25, 0.3) is 0 Å². The molecule has 0 aromatic carbocycles. The molecule has 0 amide bonds. The van der Waals surface area contributed by atoms with Gasteiger partial charge in [-0.25, -0.2) is 4.98 Å². The first kappa shape index (κ1) is 12.3. The third-order valence-electron chi connectivity index (χ3n) is 2.78. The number of hydrogen-bond donors (Lipinski definition) is 1. The normalized spacial score (nSPS) is 13.0. The van der Waals surface area contributed by atoms with E-state index in [2.05, 4.69) is 26.0 Å². The molecule has 0 aliphatic carbocycles. The molecule has 0 radical (unpaired) electrons. The summed E-state index contributed by atoms with van der Waals surface area (Å²) in [5.74, 6) is 0. The smallest absolute Gasteiger partial charge is 0.0947 e. The van der Waals surface area contributed by atoms with Crippen LogP contribution < -0.4 is 5.73 Å². The van der Waals surface area contributed by atoms with Gasteiger partial charge in [0.1, 0.15) is 0 Å². The number of hydrogen-bond acceptors (Lipinski definition) is 3. The van der Waals surface area contributed by atoms with Gasteiger partial charge < -0.3 is 10.3 Å². The van der Waals surface area contributed by atoms with Crippen molar-refractivity contribution < 1.29 is 0 Å². The Kier molecular flexibility index (Phi) is 3.35. The van der Waals surface area contributed by atoms with E-state index in [-0.39, 0.29) is 6.04 Å². The molecule has 2 aromatic heterocycles. The van der Waals surface area contributed by atoms with Crippen molar-refractivity contribution in [1.82, 2.24) is 19.3 Å². The fraction of sp³-hybridized carbons (Fsp3) is 0.455. The molecule has 2 heterocycles. The van der Waals surface area contributed by atoms with Gasteiger partial charge in [-0.05, 0) is 22.9 Å². The zero-order valence-electron chi connectivity index (χ0n) is 10.2. The van der Waals surface area contributed by atoms with E-state index in [1.807, 2.05) is 36.5 Å². The second-order valence-electron chi connectivity index (χ2n) is 4.24. The Morgan fingerprint density at radius 1 is 1.47 bits per heavy atom. The molecule has 0 saturated carbocycles. The van der Waals surface area contributed by atoms with Gasteiger partial charge in [-0.1, -0.05) is 0 Å². The number of nitrogens with zero attached hydrogens (tertiary/aromatic N) is 4. The first-order valence-electron chi connectivity index (χ1n) is 5.40. The quantitative estimate of drug-likeness (QED) is 0.933. The lowest BCUT2D eigenvalue weighted by Crippen LogP contribution is -2.16. The molecule has 0 bridgehead atoms. The average molecular weight is 298 g/mol. The van der Waals surface area contributed by atoms with E-state index in [1.165, 1.54) is 0 Å². The summed E-state index contributed by atoms with van der Waals surface area (Å²) in [6.07, 6.45) is 4.43. The van der Waals surface area contributed by atoms with Crippen molar-refractivity contribution in [2.24, 2.45) is 19.8 Å². The highest BCUT2D eigenvalue weighted by Crippen LogP contribution is 2.24. The van der Waals surface area contributed by atoms with Crippen molar-refractivity contribution in [3.8, 4) is 0 Å². The molecule has 2 N–H and O–H groups in total. The van der Waals surface area contributed by atoms with Crippen molar-refractivity contribution in [2.75, 3.05) is 0 Å². The van der Waals surface area contributed by atoms with Gasteiger partial charge in [0.05, 0.1) is 33.9 Å². The van der Waals surface area contributed by atoms with Gasteiger partial charge in [0, 0.05) is 26.7 Å². The number of nitrogens with two attached hydrogens (primary N) is 1. The Hall–Kier alpha value is -1.14. The summed E-state index contributed by atoms with van der Waals surface area (Å²) >= 11 is 3.54. The fourth-order valence-corrected chi connectivity index (χ4v) is 2.34. The SMILES string of the molecule is Cc1nn(C)c(CC(N)c2cn(C)cn2)c1Br. The van der Waals surface area contributed by atoms with Crippen LogP contribution in [0.3, 0.4) is 0 Å². The van der Waals surface area contributed by atoms with Crippen molar-refractivity contribution in [3.63, 3.8) is 0 Å². The molecule has 2 aromatic rings. The van der Waals surface area contributed by atoms with Crippen LogP contribution >= 0.6 is 15.9 Å². The summed E-state index contributed by atoms with van der Waals surface area (Å²) in [6.45, 7) is 1.97. The van der Waals surface area contributed by atoms with Crippen LogP contribution in [0.2, 0.25) is 0 Å². The first-order chi connectivity index (χ1) is 7.99. The van der Waals surface area contributed by atoms with E-state index < -0.39 is 0 Å². The summed E-state index contributed by atoms with van der Waals surface area (Å²) < 4.78 is 4.80. The summed E-state index contributed by atoms with van der Waals surface area (Å²) in [4.78, 5) is 4.27. The van der Waals surface area contributed by atoms with Crippen molar-refractivity contribution in [1.29, 1.82) is 0 Å². The molecule has 2 rings (SSSR count). The molecule has 17 heavy (non-hydrogen) atoms. The van der Waals surface area contributed by atoms with Crippen molar-refractivity contribution >= 4 is 15.9 Å². The second-order valence-corrected chi connectivity index (χ2v) is 5.04. The van der Waals surface area contributed by atoms with Gasteiger partial charge in [-0.2, -0.15) is 5.10 Å². The summed E-state index contributed by atoms with van der Waals surface area (Å²) in [6, 6.07) is -0.109. The van der Waals surface area contributed by atoms with E-state index in [0.29, 0.717) is 0 Å². The third kappa shape index (κ3) is 2.42. The minimum absolute atomic E-state index is 0.109. The van der Waals surface area contributed by atoms with Gasteiger partial charge in [0.15, 0.2) is 0 Å². The van der Waals surface area contributed by atoms with E-state index >= 15 is 0 Å². The summed E-state index contributed by atoms with van der Waals surface area (Å²) in [5.41, 5.74) is 9.13. The topological polar surface area (TPSA) is 61.7 Å². The lowest BCUT2D eigenvalue weighted by Gasteiger charge is -2.09. The molecule has 0 saturated heterocycles. The molecule has 1 unspecified atom stereocenters. The Bertz CT molecular complexity index is 528. The van der Waals surface area contributed by atoms with Crippen LogP contribution in [0, 0.1) is 6.92 Å². The maximum absolute atomic E-state index is 6.15. The molecule has 92 valence electrons. The second kappa shape index (κ2) is 4.62. The summed E-state index contributed by atoms with van der Waals surface area (Å²) in [5, 5.41) is 4.35. The van der Waals surface area contributed by atoms with E-state index in [4.69, 9.17) is 5.73 Å². The van der Waals surface area contributed by atoms with E-state index in [9.17, 15) is 0 Å². The fourth-order valence-electron chi connectivity index (χ4n) is 1.84. The minimum atomic E-state index is -0.109. The van der Waals surface area contributed by atoms with Gasteiger partial charge in [-0.15, -0.1) is 0 Å². The zero-order chi connectivity index (χ0) is 12.6. The predicted octanol–water partition coefficient (Wildman–Crippen LogP) is 1.47. The monoisotopic (exact) mass is 297 g/mol. The number of halogens is 1. The van der Waals surface area contributed by atoms with E-state index in [0.717, 1.165) is 28.0 Å². The standard InChI is InChI=1S/C11H16BrN5/c1-7-11(12)10(17(3)15-7)4-8(13)9-5-16(2)6-14-9/h5-6,8H,4,13H2,1-3H3. The number of imidazole rings is 1. The van der Waals surface area contributed by atoms with Crippen molar-refractivity contribution in [2.45, 2.75) is 19.4 Å². The highest BCUT2D eigenvalue weighted by molar-refractivity contribution is 9.10. The highest BCUT2D eigenvalue weighted by Gasteiger charge is 2.16. The van der Waals surface area contributed by atoms with Gasteiger partial charge in [0.2, 0.25) is 0 Å². The maximum atomic E-state index is 6.15. The Labute approximate surface area is 109 Å². The molecule has 0 aliphatic rings. The number of aromatic nitrogens is 4. The summed E-state index contributed by atoms with van der Waals surface area (Å²) in [7, 11) is 3.87. The van der Waals surface area contributed by atoms with Gasteiger partial charge >= 0.3 is 0 Å². The Morgan fingerprint density at radius 3 is 2.65 bits per heavy atom. The first-order valence-corrected chi connectivity index (χ1v) is 6.19.